The molecule has 28 heavy (non-hydrogen) atoms. The second-order valence-corrected chi connectivity index (χ2v) is 6.63. The minimum atomic E-state index is -0.138. The van der Waals surface area contributed by atoms with E-state index in [2.05, 4.69) is 40.0 Å². The van der Waals surface area contributed by atoms with Crippen molar-refractivity contribution in [1.29, 1.82) is 0 Å². The van der Waals surface area contributed by atoms with E-state index in [1.54, 1.807) is 11.8 Å². The molecule has 2 aromatic carbocycles. The Morgan fingerprint density at radius 1 is 0.929 bits per heavy atom. The van der Waals surface area contributed by atoms with Gasteiger partial charge in [-0.15, -0.1) is 0 Å². The van der Waals surface area contributed by atoms with Crippen LogP contribution in [0.15, 0.2) is 60.9 Å². The first-order valence-corrected chi connectivity index (χ1v) is 9.36. The average Bonchev–Trinajstić information content (AvgIpc) is 3.15. The summed E-state index contributed by atoms with van der Waals surface area (Å²) in [6.45, 7) is 1.19. The Hall–Kier alpha value is -3.28. The summed E-state index contributed by atoms with van der Waals surface area (Å²) in [5, 5.41) is 9.98. The van der Waals surface area contributed by atoms with E-state index in [-0.39, 0.29) is 6.03 Å². The fraction of sp³-hybridized carbons (Fsp3) is 0.273. The molecule has 6 nitrogen and oxygen atoms in total. The van der Waals surface area contributed by atoms with Gasteiger partial charge in [0.05, 0.1) is 13.3 Å². The van der Waals surface area contributed by atoms with Crippen LogP contribution in [0.1, 0.15) is 11.1 Å². The smallest absolute Gasteiger partial charge is 0.314 e. The van der Waals surface area contributed by atoms with Gasteiger partial charge in [-0.3, -0.25) is 4.68 Å². The Balaban J connectivity index is 1.35. The van der Waals surface area contributed by atoms with Crippen molar-refractivity contribution in [3.8, 4) is 16.9 Å². The number of nitrogens with one attached hydrogen (secondary N) is 2. The number of aryl methyl sites for hydroxylation is 1. The number of urea groups is 1. The molecule has 0 aliphatic heterocycles. The third-order valence-corrected chi connectivity index (χ3v) is 4.55. The van der Waals surface area contributed by atoms with Crippen LogP contribution in [0.3, 0.4) is 0 Å². The Labute approximate surface area is 165 Å². The lowest BCUT2D eigenvalue weighted by Crippen LogP contribution is -2.37. The number of hydrogen-bond donors (Lipinski definition) is 2. The minimum Gasteiger partial charge on any atom is -0.497 e. The molecule has 1 aromatic heterocycles. The van der Waals surface area contributed by atoms with Crippen molar-refractivity contribution in [3.05, 3.63) is 72.1 Å². The molecule has 0 saturated heterocycles. The average molecular weight is 378 g/mol. The SMILES string of the molecule is COc1ccc(CCNC(=O)NCCc2ccc(-c3cnn(C)c3)cc2)cc1. The van der Waals surface area contributed by atoms with Gasteiger partial charge in [0.2, 0.25) is 0 Å². The van der Waals surface area contributed by atoms with Crippen LogP contribution in [0.2, 0.25) is 0 Å². The van der Waals surface area contributed by atoms with E-state index >= 15 is 0 Å². The first-order valence-electron chi connectivity index (χ1n) is 9.36. The Morgan fingerprint density at radius 2 is 1.50 bits per heavy atom. The van der Waals surface area contributed by atoms with Crippen molar-refractivity contribution >= 4 is 6.03 Å². The molecular weight excluding hydrogens is 352 g/mol. The summed E-state index contributed by atoms with van der Waals surface area (Å²) in [5.41, 5.74) is 4.59. The van der Waals surface area contributed by atoms with Gasteiger partial charge in [-0.1, -0.05) is 36.4 Å². The first-order chi connectivity index (χ1) is 13.6. The fourth-order valence-corrected chi connectivity index (χ4v) is 2.93. The molecule has 3 rings (SSSR count). The van der Waals surface area contributed by atoms with E-state index in [1.165, 1.54) is 5.56 Å². The third kappa shape index (κ3) is 5.61. The van der Waals surface area contributed by atoms with Crippen molar-refractivity contribution in [3.63, 3.8) is 0 Å². The molecule has 0 unspecified atom stereocenters. The van der Waals surface area contributed by atoms with Crippen molar-refractivity contribution in [2.45, 2.75) is 12.8 Å². The lowest BCUT2D eigenvalue weighted by molar-refractivity contribution is 0.241. The summed E-state index contributed by atoms with van der Waals surface area (Å²) in [5.74, 6) is 0.836. The van der Waals surface area contributed by atoms with Crippen LogP contribution in [0.4, 0.5) is 4.79 Å². The molecule has 2 amide bonds. The Morgan fingerprint density at radius 3 is 2.00 bits per heavy atom. The molecule has 0 bridgehead atoms. The number of nitrogens with zero attached hydrogens (tertiary/aromatic N) is 2. The monoisotopic (exact) mass is 378 g/mol. The minimum absolute atomic E-state index is 0.138. The first kappa shape index (κ1) is 19.5. The van der Waals surface area contributed by atoms with Gasteiger partial charge in [0, 0.05) is 31.9 Å². The van der Waals surface area contributed by atoms with Crippen LogP contribution in [-0.2, 0) is 19.9 Å². The summed E-state index contributed by atoms with van der Waals surface area (Å²) in [6, 6.07) is 16.1. The van der Waals surface area contributed by atoms with Gasteiger partial charge >= 0.3 is 6.03 Å². The van der Waals surface area contributed by atoms with Gasteiger partial charge in [0.1, 0.15) is 5.75 Å². The van der Waals surface area contributed by atoms with Crippen LogP contribution in [0, 0.1) is 0 Å². The van der Waals surface area contributed by atoms with Gasteiger partial charge in [0.25, 0.3) is 0 Å². The second-order valence-electron chi connectivity index (χ2n) is 6.63. The van der Waals surface area contributed by atoms with Crippen LogP contribution in [0.5, 0.6) is 5.75 Å². The lowest BCUT2D eigenvalue weighted by atomic mass is 10.1. The van der Waals surface area contributed by atoms with Crippen molar-refractivity contribution in [2.24, 2.45) is 7.05 Å². The molecule has 0 spiro atoms. The highest BCUT2D eigenvalue weighted by molar-refractivity contribution is 5.73. The normalized spacial score (nSPS) is 10.5. The summed E-state index contributed by atoms with van der Waals surface area (Å²) in [7, 11) is 3.56. The zero-order chi connectivity index (χ0) is 19.8. The van der Waals surface area contributed by atoms with Gasteiger partial charge in [-0.2, -0.15) is 5.10 Å². The highest BCUT2D eigenvalue weighted by Crippen LogP contribution is 2.18. The predicted molar refractivity (Wildman–Crippen MR) is 110 cm³/mol. The van der Waals surface area contributed by atoms with Crippen LogP contribution >= 0.6 is 0 Å². The number of amides is 2. The number of carbonyl (C=O) groups excluding carboxylic acids is 1. The number of carbonyl (C=O) groups is 1. The highest BCUT2D eigenvalue weighted by Gasteiger charge is 2.03. The van der Waals surface area contributed by atoms with E-state index in [0.717, 1.165) is 35.3 Å². The van der Waals surface area contributed by atoms with E-state index in [9.17, 15) is 4.79 Å². The van der Waals surface area contributed by atoms with Gasteiger partial charge in [0.15, 0.2) is 0 Å². The third-order valence-electron chi connectivity index (χ3n) is 4.55. The number of rotatable bonds is 8. The molecule has 1 heterocycles. The molecule has 3 aromatic rings. The largest absolute Gasteiger partial charge is 0.497 e. The van der Waals surface area contributed by atoms with Crippen molar-refractivity contribution < 1.29 is 9.53 Å². The van der Waals surface area contributed by atoms with E-state index in [4.69, 9.17) is 4.74 Å². The Kier molecular flexibility index (Phi) is 6.68. The molecule has 0 aliphatic rings. The number of benzene rings is 2. The summed E-state index contributed by atoms with van der Waals surface area (Å²) in [6.07, 6.45) is 5.42. The summed E-state index contributed by atoms with van der Waals surface area (Å²) >= 11 is 0. The van der Waals surface area contributed by atoms with Crippen molar-refractivity contribution in [2.75, 3.05) is 20.2 Å². The van der Waals surface area contributed by atoms with Crippen molar-refractivity contribution in [1.82, 2.24) is 20.4 Å². The molecule has 0 atom stereocenters. The maximum atomic E-state index is 11.9. The molecule has 6 heteroatoms. The zero-order valence-electron chi connectivity index (χ0n) is 16.3. The Bertz CT molecular complexity index is 886. The molecule has 0 radical (unpaired) electrons. The maximum absolute atomic E-state index is 11.9. The number of hydrogen-bond acceptors (Lipinski definition) is 3. The van der Waals surface area contributed by atoms with Gasteiger partial charge in [-0.05, 0) is 41.7 Å². The molecular formula is C22H26N4O2. The predicted octanol–water partition coefficient (Wildman–Crippen LogP) is 3.18. The quantitative estimate of drug-likeness (QED) is 0.633. The topological polar surface area (TPSA) is 68.2 Å². The number of ether oxygens (including phenoxy) is 1. The number of aromatic nitrogens is 2. The summed E-state index contributed by atoms with van der Waals surface area (Å²) < 4.78 is 6.93. The van der Waals surface area contributed by atoms with E-state index in [0.29, 0.717) is 13.1 Å². The lowest BCUT2D eigenvalue weighted by Gasteiger charge is -2.08. The van der Waals surface area contributed by atoms with E-state index < -0.39 is 0 Å². The van der Waals surface area contributed by atoms with Crippen LogP contribution in [0.25, 0.3) is 11.1 Å². The standard InChI is InChI=1S/C22H26N4O2/c1-26-16-20(15-25-26)19-7-3-17(4-8-19)11-13-23-22(27)24-14-12-18-5-9-21(28-2)10-6-18/h3-10,15-16H,11-14H2,1-2H3,(H2,23,24,27). The molecule has 146 valence electrons. The molecule has 2 N–H and O–H groups in total. The van der Waals surface area contributed by atoms with Crippen LogP contribution < -0.4 is 15.4 Å². The van der Waals surface area contributed by atoms with E-state index in [1.807, 2.05) is 43.7 Å². The second kappa shape index (κ2) is 9.60. The number of methoxy groups -OCH3 is 1. The summed E-state index contributed by atoms with van der Waals surface area (Å²) in [4.78, 5) is 11.9. The molecule has 0 aliphatic carbocycles. The fourth-order valence-electron chi connectivity index (χ4n) is 2.93. The van der Waals surface area contributed by atoms with Gasteiger partial charge in [-0.25, -0.2) is 4.79 Å². The van der Waals surface area contributed by atoms with Crippen LogP contribution in [-0.4, -0.2) is 36.0 Å². The molecule has 0 fully saturated rings. The molecule has 0 saturated carbocycles. The zero-order valence-corrected chi connectivity index (χ0v) is 16.3. The maximum Gasteiger partial charge on any atom is 0.314 e. The van der Waals surface area contributed by atoms with Gasteiger partial charge < -0.3 is 15.4 Å². The highest BCUT2D eigenvalue weighted by atomic mass is 16.5.